The highest BCUT2D eigenvalue weighted by molar-refractivity contribution is 7.80. The predicted octanol–water partition coefficient (Wildman–Crippen LogP) is 2.22. The summed E-state index contributed by atoms with van der Waals surface area (Å²) in [4.78, 5) is 0. The van der Waals surface area contributed by atoms with Gasteiger partial charge in [0.2, 0.25) is 0 Å². The molecular weight excluding hydrogens is 245 g/mol. The Morgan fingerprint density at radius 1 is 1.18 bits per heavy atom. The van der Waals surface area contributed by atoms with Crippen LogP contribution >= 0.6 is 0 Å². The summed E-state index contributed by atoms with van der Waals surface area (Å²) in [6.07, 6.45) is 8.62. The number of unbranched alkanes of at least 4 members (excludes halogenated alkanes) is 3. The van der Waals surface area contributed by atoms with E-state index in [1.54, 1.807) is 0 Å². The average Bonchev–Trinajstić information content (AvgIpc) is 2.58. The van der Waals surface area contributed by atoms with E-state index >= 15 is 0 Å². The lowest BCUT2D eigenvalue weighted by Gasteiger charge is -2.29. The van der Waals surface area contributed by atoms with Crippen LogP contribution in [-0.4, -0.2) is 44.1 Å². The maximum atomic E-state index is 10.1. The minimum absolute atomic E-state index is 1.36. The molecule has 1 aliphatic heterocycles. The molecule has 0 radical (unpaired) electrons. The minimum Gasteiger partial charge on any atom is -0.722 e. The van der Waals surface area contributed by atoms with Crippen molar-refractivity contribution in [2.45, 2.75) is 45.4 Å². The quantitative estimate of drug-likeness (QED) is 0.333. The third-order valence-corrected chi connectivity index (χ3v) is 3.20. The molecule has 0 aliphatic carbocycles. The van der Waals surface area contributed by atoms with Crippen molar-refractivity contribution in [1.82, 2.24) is 0 Å². The highest BCUT2D eigenvalue weighted by Crippen LogP contribution is 2.17. The Bertz CT molecular complexity index is 279. The second-order valence-corrected chi connectivity index (χ2v) is 5.74. The van der Waals surface area contributed by atoms with Gasteiger partial charge in [0, 0.05) is 12.8 Å². The van der Waals surface area contributed by atoms with Gasteiger partial charge in [-0.3, -0.25) is 0 Å². The number of quaternary nitrogens is 1. The molecule has 1 heterocycles. The van der Waals surface area contributed by atoms with Gasteiger partial charge >= 0.3 is 0 Å². The van der Waals surface area contributed by atoms with Crippen molar-refractivity contribution in [3.63, 3.8) is 0 Å². The Hall–Kier alpha value is -0.200. The summed E-state index contributed by atoms with van der Waals surface area (Å²) in [7, 11) is -2.99. The van der Waals surface area contributed by atoms with Crippen LogP contribution in [0, 0.1) is 0 Å². The van der Waals surface area contributed by atoms with Crippen LogP contribution in [0.4, 0.5) is 3.89 Å². The normalized spacial score (nSPS) is 18.6. The third kappa shape index (κ3) is 12.1. The van der Waals surface area contributed by atoms with Crippen LogP contribution in [0.2, 0.25) is 0 Å². The van der Waals surface area contributed by atoms with E-state index in [0.29, 0.717) is 0 Å². The number of likely N-dealkylation sites (tertiary alicyclic amines) is 1. The highest BCUT2D eigenvalue weighted by atomic mass is 32.3. The number of hydrogen-bond acceptors (Lipinski definition) is 3. The molecule has 1 aliphatic rings. The number of nitrogens with zero attached hydrogens (tertiary/aromatic N) is 1. The van der Waals surface area contributed by atoms with E-state index in [2.05, 4.69) is 14.0 Å². The van der Waals surface area contributed by atoms with Gasteiger partial charge in [0.15, 0.2) is 0 Å². The van der Waals surface area contributed by atoms with E-state index in [9.17, 15) is 3.89 Å². The first kappa shape index (κ1) is 16.8. The average molecular weight is 269 g/mol. The van der Waals surface area contributed by atoms with Crippen LogP contribution in [0.1, 0.15) is 45.4 Å². The fourth-order valence-electron chi connectivity index (χ4n) is 2.24. The maximum absolute atomic E-state index is 10.1. The van der Waals surface area contributed by atoms with Crippen molar-refractivity contribution in [2.75, 3.05) is 26.7 Å². The molecular formula is C11H24FNO3S. The molecule has 0 N–H and O–H groups in total. The minimum atomic E-state index is -5.42. The van der Waals surface area contributed by atoms with Crippen LogP contribution < -0.4 is 0 Å². The summed E-state index contributed by atoms with van der Waals surface area (Å²) in [6.45, 7) is 6.59. The van der Waals surface area contributed by atoms with Gasteiger partial charge in [-0.15, -0.1) is 3.89 Å². The van der Waals surface area contributed by atoms with Crippen molar-refractivity contribution in [3.8, 4) is 0 Å². The first-order valence-corrected chi connectivity index (χ1v) is 7.57. The van der Waals surface area contributed by atoms with Crippen molar-refractivity contribution in [1.29, 1.82) is 0 Å². The number of hydrogen-bond donors (Lipinski definition) is 0. The van der Waals surface area contributed by atoms with Crippen LogP contribution in [0.15, 0.2) is 0 Å². The Balaban J connectivity index is 0.000000437. The zero-order chi connectivity index (χ0) is 13.4. The van der Waals surface area contributed by atoms with Gasteiger partial charge in [-0.25, -0.2) is 8.42 Å². The van der Waals surface area contributed by atoms with E-state index < -0.39 is 10.5 Å². The molecule has 104 valence electrons. The molecule has 1 saturated heterocycles. The molecule has 0 unspecified atom stereocenters. The highest BCUT2D eigenvalue weighted by Gasteiger charge is 2.25. The SMILES string of the molecule is CCCCCC[N+]1(C)CCCC1.O=S(=O)([O-])F. The lowest BCUT2D eigenvalue weighted by Crippen LogP contribution is -2.41. The standard InChI is InChI=1S/C11H24N.FHO3S/c1-3-4-5-6-9-12(2)10-7-8-11-12;1-5(2,3)4/h3-11H2,1-2H3;(H,2,3,4)/q+1;/p-1. The van der Waals surface area contributed by atoms with Gasteiger partial charge in [-0.05, 0) is 12.8 Å². The Labute approximate surface area is 104 Å². The number of rotatable bonds is 5. The first-order chi connectivity index (χ1) is 7.77. The largest absolute Gasteiger partial charge is 0.722 e. The summed E-state index contributed by atoms with van der Waals surface area (Å²) in [5.74, 6) is 0. The van der Waals surface area contributed by atoms with E-state index in [0.717, 1.165) is 0 Å². The molecule has 6 heteroatoms. The molecule has 0 atom stereocenters. The van der Waals surface area contributed by atoms with Gasteiger partial charge in [-0.2, -0.15) is 0 Å². The summed E-state index contributed by atoms with van der Waals surface area (Å²) in [5.41, 5.74) is 0. The van der Waals surface area contributed by atoms with Gasteiger partial charge in [0.25, 0.3) is 10.5 Å². The van der Waals surface area contributed by atoms with Crippen molar-refractivity contribution >= 4 is 10.5 Å². The van der Waals surface area contributed by atoms with Crippen molar-refractivity contribution in [2.24, 2.45) is 0 Å². The Morgan fingerprint density at radius 3 is 2.06 bits per heavy atom. The van der Waals surface area contributed by atoms with Crippen LogP contribution in [0.25, 0.3) is 0 Å². The predicted molar refractivity (Wildman–Crippen MR) is 65.0 cm³/mol. The zero-order valence-electron chi connectivity index (χ0n) is 10.8. The zero-order valence-corrected chi connectivity index (χ0v) is 11.6. The summed E-state index contributed by atoms with van der Waals surface area (Å²) in [5, 5.41) is 0. The van der Waals surface area contributed by atoms with Gasteiger partial charge in [-0.1, -0.05) is 19.8 Å². The third-order valence-electron chi connectivity index (χ3n) is 3.20. The molecule has 0 aromatic carbocycles. The monoisotopic (exact) mass is 269 g/mol. The Morgan fingerprint density at radius 2 is 1.65 bits per heavy atom. The van der Waals surface area contributed by atoms with E-state index in [4.69, 9.17) is 13.0 Å². The molecule has 1 rings (SSSR count). The molecule has 0 saturated carbocycles. The van der Waals surface area contributed by atoms with Crippen molar-refractivity contribution in [3.05, 3.63) is 0 Å². The lowest BCUT2D eigenvalue weighted by atomic mass is 10.2. The second kappa shape index (κ2) is 8.00. The second-order valence-electron chi connectivity index (χ2n) is 4.95. The van der Waals surface area contributed by atoms with Gasteiger partial charge < -0.3 is 9.04 Å². The lowest BCUT2D eigenvalue weighted by molar-refractivity contribution is -0.897. The summed E-state index contributed by atoms with van der Waals surface area (Å²) in [6, 6.07) is 0. The molecule has 4 nitrogen and oxygen atoms in total. The smallest absolute Gasteiger partial charge is 0.255 e. The molecule has 1 fully saturated rings. The number of halogens is 1. The molecule has 0 aromatic heterocycles. The van der Waals surface area contributed by atoms with Gasteiger partial charge in [0.1, 0.15) is 0 Å². The molecule has 17 heavy (non-hydrogen) atoms. The van der Waals surface area contributed by atoms with E-state index in [1.165, 1.54) is 62.6 Å². The van der Waals surface area contributed by atoms with Crippen LogP contribution in [-0.2, 0) is 10.5 Å². The van der Waals surface area contributed by atoms with E-state index in [-0.39, 0.29) is 0 Å². The Kier molecular flexibility index (Phi) is 7.91. The van der Waals surface area contributed by atoms with Crippen LogP contribution in [0.3, 0.4) is 0 Å². The molecule has 0 spiro atoms. The van der Waals surface area contributed by atoms with Crippen molar-refractivity contribution < 1.29 is 21.3 Å². The molecule has 0 bridgehead atoms. The fourth-order valence-corrected chi connectivity index (χ4v) is 2.24. The molecule has 0 aromatic rings. The maximum Gasteiger partial charge on any atom is 0.255 e. The summed E-state index contributed by atoms with van der Waals surface area (Å²) < 4.78 is 36.7. The fraction of sp³-hybridized carbons (Fsp3) is 1.00. The topological polar surface area (TPSA) is 57.2 Å². The van der Waals surface area contributed by atoms with E-state index in [1.807, 2.05) is 0 Å². The van der Waals surface area contributed by atoms with Gasteiger partial charge in [0.05, 0.1) is 26.7 Å². The first-order valence-electron chi connectivity index (χ1n) is 6.26. The molecule has 0 amide bonds. The summed E-state index contributed by atoms with van der Waals surface area (Å²) >= 11 is 0. The van der Waals surface area contributed by atoms with Crippen LogP contribution in [0.5, 0.6) is 0 Å².